The molecule has 2 heterocycles. The molecular weight excluding hydrogens is 308 g/mol. The number of carbonyl (C=O) groups excluding carboxylic acids is 2. The summed E-state index contributed by atoms with van der Waals surface area (Å²) in [6.45, 7) is 4.86. The van der Waals surface area contributed by atoms with E-state index < -0.39 is 18.0 Å². The molecule has 1 unspecified atom stereocenters. The summed E-state index contributed by atoms with van der Waals surface area (Å²) in [4.78, 5) is 27.9. The highest BCUT2D eigenvalue weighted by atomic mass is 35.5. The maximum atomic E-state index is 12.0. The highest BCUT2D eigenvalue weighted by Crippen LogP contribution is 2.19. The van der Waals surface area contributed by atoms with Gasteiger partial charge in [0.1, 0.15) is 17.1 Å². The molecule has 6 nitrogen and oxygen atoms in total. The van der Waals surface area contributed by atoms with E-state index in [0.717, 1.165) is 0 Å². The van der Waals surface area contributed by atoms with Gasteiger partial charge in [0.25, 0.3) is 5.91 Å². The molecule has 0 aliphatic rings. The summed E-state index contributed by atoms with van der Waals surface area (Å²) >= 11 is 5.85. The van der Waals surface area contributed by atoms with Gasteiger partial charge in [0.2, 0.25) is 0 Å². The Kier molecular flexibility index (Phi) is 4.82. The van der Waals surface area contributed by atoms with Crippen molar-refractivity contribution in [3.63, 3.8) is 0 Å². The number of amides is 1. The molecule has 0 radical (unpaired) electrons. The van der Waals surface area contributed by atoms with Crippen LogP contribution in [0.2, 0.25) is 5.15 Å². The van der Waals surface area contributed by atoms with Crippen molar-refractivity contribution in [2.75, 3.05) is 5.32 Å². The molecule has 0 fully saturated rings. The van der Waals surface area contributed by atoms with Crippen molar-refractivity contribution in [2.24, 2.45) is 0 Å². The second kappa shape index (κ2) is 6.62. The van der Waals surface area contributed by atoms with Gasteiger partial charge >= 0.3 is 5.97 Å². The monoisotopic (exact) mass is 322 g/mol. The van der Waals surface area contributed by atoms with Crippen LogP contribution in [0.1, 0.15) is 28.8 Å². The summed E-state index contributed by atoms with van der Waals surface area (Å²) in [5, 5.41) is 2.72. The lowest BCUT2D eigenvalue weighted by Gasteiger charge is -2.13. The third-order valence-corrected chi connectivity index (χ3v) is 3.23. The fourth-order valence-corrected chi connectivity index (χ4v) is 1.99. The number of esters is 1. The lowest BCUT2D eigenvalue weighted by atomic mass is 10.2. The molecular formula is C15H15ClN2O4. The molecule has 116 valence electrons. The van der Waals surface area contributed by atoms with Crippen LogP contribution in [0.3, 0.4) is 0 Å². The lowest BCUT2D eigenvalue weighted by molar-refractivity contribution is -0.123. The molecule has 1 amide bonds. The van der Waals surface area contributed by atoms with E-state index in [9.17, 15) is 9.59 Å². The van der Waals surface area contributed by atoms with E-state index in [4.69, 9.17) is 20.8 Å². The smallest absolute Gasteiger partial charge is 0.342 e. The number of rotatable bonds is 4. The number of hydrogen-bond acceptors (Lipinski definition) is 5. The summed E-state index contributed by atoms with van der Waals surface area (Å²) < 4.78 is 10.4. The Morgan fingerprint density at radius 1 is 1.41 bits per heavy atom. The Labute approximate surface area is 132 Å². The van der Waals surface area contributed by atoms with Crippen molar-refractivity contribution in [3.05, 3.63) is 46.6 Å². The van der Waals surface area contributed by atoms with Gasteiger partial charge in [-0.3, -0.25) is 4.79 Å². The number of carbonyl (C=O) groups is 2. The fraction of sp³-hybridized carbons (Fsp3) is 0.267. The van der Waals surface area contributed by atoms with Crippen molar-refractivity contribution in [3.8, 4) is 0 Å². The predicted molar refractivity (Wildman–Crippen MR) is 80.9 cm³/mol. The van der Waals surface area contributed by atoms with E-state index in [0.29, 0.717) is 22.8 Å². The van der Waals surface area contributed by atoms with E-state index in [1.807, 2.05) is 0 Å². The largest absolute Gasteiger partial charge is 0.466 e. The van der Waals surface area contributed by atoms with Crippen LogP contribution in [-0.4, -0.2) is 23.0 Å². The average molecular weight is 323 g/mol. The van der Waals surface area contributed by atoms with Crippen LogP contribution in [0.4, 0.5) is 5.69 Å². The number of aryl methyl sites for hydroxylation is 2. The lowest BCUT2D eigenvalue weighted by Crippen LogP contribution is -2.30. The summed E-state index contributed by atoms with van der Waals surface area (Å²) in [7, 11) is 0. The van der Waals surface area contributed by atoms with Crippen molar-refractivity contribution in [2.45, 2.75) is 26.9 Å². The normalized spacial score (nSPS) is 11.8. The molecule has 1 N–H and O–H groups in total. The first-order valence-electron chi connectivity index (χ1n) is 6.58. The quantitative estimate of drug-likeness (QED) is 0.691. The number of nitrogens with zero attached hydrogens (tertiary/aromatic N) is 1. The molecule has 0 aliphatic heterocycles. The van der Waals surface area contributed by atoms with Gasteiger partial charge in [-0.25, -0.2) is 9.78 Å². The third kappa shape index (κ3) is 3.65. The van der Waals surface area contributed by atoms with Crippen LogP contribution in [0.15, 0.2) is 28.8 Å². The van der Waals surface area contributed by atoms with Crippen LogP contribution in [0.5, 0.6) is 0 Å². The number of nitrogens with one attached hydrogen (secondary N) is 1. The second-order valence-electron chi connectivity index (χ2n) is 4.71. The highest BCUT2D eigenvalue weighted by molar-refractivity contribution is 6.32. The first-order chi connectivity index (χ1) is 10.4. The number of hydrogen-bond donors (Lipinski definition) is 1. The number of ether oxygens (including phenoxy) is 1. The van der Waals surface area contributed by atoms with Crippen molar-refractivity contribution in [1.29, 1.82) is 0 Å². The van der Waals surface area contributed by atoms with E-state index >= 15 is 0 Å². The van der Waals surface area contributed by atoms with Crippen molar-refractivity contribution >= 4 is 29.2 Å². The predicted octanol–water partition coefficient (Wildman–Crippen LogP) is 3.13. The average Bonchev–Trinajstić information content (AvgIpc) is 2.80. The number of furan rings is 1. The minimum absolute atomic E-state index is 0.163. The Morgan fingerprint density at radius 2 is 2.14 bits per heavy atom. The minimum Gasteiger partial charge on any atom is -0.466 e. The summed E-state index contributed by atoms with van der Waals surface area (Å²) in [6.07, 6.45) is 0.518. The first kappa shape index (κ1) is 16.0. The maximum Gasteiger partial charge on any atom is 0.342 e. The molecule has 0 bridgehead atoms. The molecule has 0 aliphatic carbocycles. The Bertz CT molecular complexity index is 711. The molecule has 0 aromatic carbocycles. The Morgan fingerprint density at radius 3 is 2.73 bits per heavy atom. The minimum atomic E-state index is -0.988. The molecule has 22 heavy (non-hydrogen) atoms. The van der Waals surface area contributed by atoms with Gasteiger partial charge < -0.3 is 14.5 Å². The fourth-order valence-electron chi connectivity index (χ4n) is 1.82. The highest BCUT2D eigenvalue weighted by Gasteiger charge is 2.22. The van der Waals surface area contributed by atoms with E-state index in [2.05, 4.69) is 10.3 Å². The SMILES string of the molecule is Cc1cc(C(=O)OC(C)C(=O)Nc2cccnc2Cl)c(C)o1. The zero-order valence-corrected chi connectivity index (χ0v) is 13.1. The molecule has 7 heteroatoms. The number of anilines is 1. The first-order valence-corrected chi connectivity index (χ1v) is 6.95. The molecule has 2 aromatic rings. The summed E-state index contributed by atoms with van der Waals surface area (Å²) in [6, 6.07) is 4.81. The Hall–Kier alpha value is -2.34. The second-order valence-corrected chi connectivity index (χ2v) is 5.06. The van der Waals surface area contributed by atoms with Gasteiger partial charge in [-0.05, 0) is 39.0 Å². The molecule has 0 saturated carbocycles. The zero-order chi connectivity index (χ0) is 16.3. The van der Waals surface area contributed by atoms with Crippen LogP contribution in [0.25, 0.3) is 0 Å². The molecule has 1 atom stereocenters. The van der Waals surface area contributed by atoms with Crippen LogP contribution >= 0.6 is 11.6 Å². The molecule has 2 rings (SSSR count). The van der Waals surface area contributed by atoms with Gasteiger partial charge in [0, 0.05) is 6.20 Å². The molecule has 0 spiro atoms. The van der Waals surface area contributed by atoms with E-state index in [1.165, 1.54) is 13.1 Å². The standard InChI is InChI=1S/C15H15ClN2O4/c1-8-7-11(9(2)21-8)15(20)22-10(3)14(19)18-12-5-4-6-17-13(12)16/h4-7,10H,1-3H3,(H,18,19). The van der Waals surface area contributed by atoms with Crippen molar-refractivity contribution in [1.82, 2.24) is 4.98 Å². The summed E-state index contributed by atoms with van der Waals surface area (Å²) in [5.41, 5.74) is 0.656. The van der Waals surface area contributed by atoms with Gasteiger partial charge in [-0.2, -0.15) is 0 Å². The molecule has 2 aromatic heterocycles. The Balaban J connectivity index is 2.01. The number of aromatic nitrogens is 1. The maximum absolute atomic E-state index is 12.0. The van der Waals surface area contributed by atoms with E-state index in [1.54, 1.807) is 32.0 Å². The van der Waals surface area contributed by atoms with Crippen LogP contribution < -0.4 is 5.32 Å². The van der Waals surface area contributed by atoms with Crippen LogP contribution in [0, 0.1) is 13.8 Å². The summed E-state index contributed by atoms with van der Waals surface area (Å²) in [5.74, 6) is -0.0653. The van der Waals surface area contributed by atoms with Crippen LogP contribution in [-0.2, 0) is 9.53 Å². The third-order valence-electron chi connectivity index (χ3n) is 2.93. The van der Waals surface area contributed by atoms with Gasteiger partial charge in [-0.15, -0.1) is 0 Å². The van der Waals surface area contributed by atoms with Gasteiger partial charge in [0.05, 0.1) is 5.69 Å². The number of halogens is 1. The topological polar surface area (TPSA) is 81.4 Å². The van der Waals surface area contributed by atoms with Crippen molar-refractivity contribution < 1.29 is 18.7 Å². The molecule has 0 saturated heterocycles. The van der Waals surface area contributed by atoms with Gasteiger partial charge in [-0.1, -0.05) is 11.6 Å². The number of pyridine rings is 1. The zero-order valence-electron chi connectivity index (χ0n) is 12.3. The van der Waals surface area contributed by atoms with Gasteiger partial charge in [0.15, 0.2) is 11.3 Å². The van der Waals surface area contributed by atoms with E-state index in [-0.39, 0.29) is 5.15 Å².